The van der Waals surface area contributed by atoms with Crippen molar-refractivity contribution in [2.75, 3.05) is 20.2 Å². The van der Waals surface area contributed by atoms with Gasteiger partial charge in [-0.3, -0.25) is 4.79 Å². The highest BCUT2D eigenvalue weighted by atomic mass is 35.5. The predicted molar refractivity (Wildman–Crippen MR) is 105 cm³/mol. The van der Waals surface area contributed by atoms with Gasteiger partial charge in [0.2, 0.25) is 5.91 Å². The summed E-state index contributed by atoms with van der Waals surface area (Å²) in [5.74, 6) is 2.20. The van der Waals surface area contributed by atoms with Crippen molar-refractivity contribution in [1.29, 1.82) is 0 Å². The second-order valence-corrected chi connectivity index (χ2v) is 7.22. The molecule has 1 heterocycles. The zero-order chi connectivity index (χ0) is 17.4. The quantitative estimate of drug-likeness (QED) is 0.726. The lowest BCUT2D eigenvalue weighted by Crippen LogP contribution is -2.31. The van der Waals surface area contributed by atoms with Crippen LogP contribution in [0.25, 0.3) is 0 Å². The number of rotatable bonds is 8. The number of benzene rings is 1. The molecule has 0 radical (unpaired) electrons. The van der Waals surface area contributed by atoms with E-state index < -0.39 is 0 Å². The number of carbonyl (C=O) groups excluding carboxylic acids is 1. The summed E-state index contributed by atoms with van der Waals surface area (Å²) in [6.45, 7) is 6.54. The highest BCUT2D eigenvalue weighted by Crippen LogP contribution is 2.29. The molecule has 0 saturated carbocycles. The number of ether oxygens (including phenoxy) is 1. The number of para-hydroxylation sites is 1. The third-order valence-electron chi connectivity index (χ3n) is 4.80. The van der Waals surface area contributed by atoms with Gasteiger partial charge in [-0.05, 0) is 56.7 Å². The Bertz CT molecular complexity index is 516. The number of piperidine rings is 1. The molecule has 1 saturated heterocycles. The zero-order valence-corrected chi connectivity index (χ0v) is 16.5. The van der Waals surface area contributed by atoms with Gasteiger partial charge in [-0.2, -0.15) is 0 Å². The van der Waals surface area contributed by atoms with E-state index in [1.54, 1.807) is 7.11 Å². The van der Waals surface area contributed by atoms with Crippen LogP contribution in [0.2, 0.25) is 0 Å². The van der Waals surface area contributed by atoms with E-state index >= 15 is 0 Å². The Balaban J connectivity index is 0.00000312. The van der Waals surface area contributed by atoms with Crippen molar-refractivity contribution in [3.05, 3.63) is 29.8 Å². The van der Waals surface area contributed by atoms with E-state index in [-0.39, 0.29) is 24.4 Å². The Labute approximate surface area is 158 Å². The summed E-state index contributed by atoms with van der Waals surface area (Å²) in [4.78, 5) is 12.5. The van der Waals surface area contributed by atoms with Crippen molar-refractivity contribution >= 4 is 18.3 Å². The average Bonchev–Trinajstić information content (AvgIpc) is 2.60. The maximum Gasteiger partial charge on any atom is 0.220 e. The lowest BCUT2D eigenvalue weighted by atomic mass is 9.92. The Morgan fingerprint density at radius 1 is 1.28 bits per heavy atom. The minimum Gasteiger partial charge on any atom is -0.496 e. The predicted octanol–water partition coefficient (Wildman–Crippen LogP) is 4.10. The van der Waals surface area contributed by atoms with E-state index in [4.69, 9.17) is 4.74 Å². The number of amides is 1. The van der Waals surface area contributed by atoms with Gasteiger partial charge in [0.15, 0.2) is 0 Å². The van der Waals surface area contributed by atoms with Gasteiger partial charge in [-0.25, -0.2) is 0 Å². The standard InChI is InChI=1S/C20H32N2O2.ClH/c1-15(2)14-18(17-6-4-5-7-19(17)24-3)22-20(23)9-8-16-10-12-21-13-11-16;/h4-7,15-16,18,21H,8-14H2,1-3H3,(H,22,23);1H. The molecule has 0 spiro atoms. The van der Waals surface area contributed by atoms with Gasteiger partial charge < -0.3 is 15.4 Å². The lowest BCUT2D eigenvalue weighted by molar-refractivity contribution is -0.122. The van der Waals surface area contributed by atoms with E-state index in [1.165, 1.54) is 12.8 Å². The van der Waals surface area contributed by atoms with Crippen LogP contribution in [0.5, 0.6) is 5.75 Å². The molecule has 1 fully saturated rings. The van der Waals surface area contributed by atoms with E-state index in [2.05, 4.69) is 30.5 Å². The van der Waals surface area contributed by atoms with Crippen LogP contribution >= 0.6 is 12.4 Å². The second kappa shape index (κ2) is 11.4. The van der Waals surface area contributed by atoms with E-state index in [9.17, 15) is 4.79 Å². The summed E-state index contributed by atoms with van der Waals surface area (Å²) < 4.78 is 5.49. The van der Waals surface area contributed by atoms with Crippen LogP contribution in [-0.4, -0.2) is 26.1 Å². The molecular formula is C20H33ClN2O2. The largest absolute Gasteiger partial charge is 0.496 e. The van der Waals surface area contributed by atoms with Crippen molar-refractivity contribution in [2.45, 2.75) is 52.0 Å². The van der Waals surface area contributed by atoms with Gasteiger partial charge in [0.1, 0.15) is 5.75 Å². The summed E-state index contributed by atoms with van der Waals surface area (Å²) in [7, 11) is 1.68. The summed E-state index contributed by atoms with van der Waals surface area (Å²) in [5.41, 5.74) is 1.07. The Morgan fingerprint density at radius 3 is 2.60 bits per heavy atom. The summed E-state index contributed by atoms with van der Waals surface area (Å²) in [5, 5.41) is 6.62. The van der Waals surface area contributed by atoms with Gasteiger partial charge >= 0.3 is 0 Å². The highest BCUT2D eigenvalue weighted by molar-refractivity contribution is 5.85. The first-order valence-electron chi connectivity index (χ1n) is 9.23. The molecule has 1 aliphatic heterocycles. The Hall–Kier alpha value is -1.26. The number of halogens is 1. The topological polar surface area (TPSA) is 50.4 Å². The molecule has 4 nitrogen and oxygen atoms in total. The SMILES string of the molecule is COc1ccccc1C(CC(C)C)NC(=O)CCC1CCNCC1.Cl. The molecule has 1 unspecified atom stereocenters. The monoisotopic (exact) mass is 368 g/mol. The van der Waals surface area contributed by atoms with Crippen LogP contribution in [0.15, 0.2) is 24.3 Å². The van der Waals surface area contributed by atoms with E-state index in [0.29, 0.717) is 18.3 Å². The second-order valence-electron chi connectivity index (χ2n) is 7.22. The normalized spacial score (nSPS) is 16.2. The van der Waals surface area contributed by atoms with Gasteiger partial charge in [-0.15, -0.1) is 12.4 Å². The maximum absolute atomic E-state index is 12.5. The minimum absolute atomic E-state index is 0. The third kappa shape index (κ3) is 7.25. The average molecular weight is 369 g/mol. The highest BCUT2D eigenvalue weighted by Gasteiger charge is 2.20. The summed E-state index contributed by atoms with van der Waals surface area (Å²) in [6.07, 6.45) is 4.91. The van der Waals surface area contributed by atoms with E-state index in [0.717, 1.165) is 37.2 Å². The van der Waals surface area contributed by atoms with Crippen LogP contribution < -0.4 is 15.4 Å². The fourth-order valence-corrected chi connectivity index (χ4v) is 3.46. The number of nitrogens with one attached hydrogen (secondary N) is 2. The number of hydrogen-bond donors (Lipinski definition) is 2. The molecule has 5 heteroatoms. The third-order valence-corrected chi connectivity index (χ3v) is 4.80. The van der Waals surface area contributed by atoms with Crippen molar-refractivity contribution in [3.63, 3.8) is 0 Å². The fraction of sp³-hybridized carbons (Fsp3) is 0.650. The molecule has 1 aliphatic rings. The fourth-order valence-electron chi connectivity index (χ4n) is 3.46. The smallest absolute Gasteiger partial charge is 0.220 e. The molecule has 1 aromatic rings. The molecule has 2 rings (SSSR count). The summed E-state index contributed by atoms with van der Waals surface area (Å²) in [6, 6.07) is 8.00. The van der Waals surface area contributed by atoms with E-state index in [1.807, 2.05) is 18.2 Å². The first-order chi connectivity index (χ1) is 11.6. The van der Waals surface area contributed by atoms with Crippen LogP contribution in [0, 0.1) is 11.8 Å². The van der Waals surface area contributed by atoms with Crippen molar-refractivity contribution < 1.29 is 9.53 Å². The number of carbonyl (C=O) groups is 1. The van der Waals surface area contributed by atoms with Crippen molar-refractivity contribution in [2.24, 2.45) is 11.8 Å². The first kappa shape index (κ1) is 21.8. The molecule has 1 atom stereocenters. The minimum atomic E-state index is 0. The van der Waals surface area contributed by atoms with Gasteiger partial charge in [0.05, 0.1) is 13.2 Å². The number of methoxy groups -OCH3 is 1. The maximum atomic E-state index is 12.5. The Morgan fingerprint density at radius 2 is 1.96 bits per heavy atom. The lowest BCUT2D eigenvalue weighted by Gasteiger charge is -2.25. The molecule has 142 valence electrons. The van der Waals surface area contributed by atoms with Crippen LogP contribution in [0.1, 0.15) is 57.6 Å². The molecule has 1 amide bonds. The van der Waals surface area contributed by atoms with Gasteiger partial charge in [0.25, 0.3) is 0 Å². The van der Waals surface area contributed by atoms with Gasteiger partial charge in [-0.1, -0.05) is 32.0 Å². The van der Waals surface area contributed by atoms with Crippen molar-refractivity contribution in [1.82, 2.24) is 10.6 Å². The van der Waals surface area contributed by atoms with Crippen LogP contribution in [0.4, 0.5) is 0 Å². The molecule has 0 bridgehead atoms. The molecular weight excluding hydrogens is 336 g/mol. The number of hydrogen-bond acceptors (Lipinski definition) is 3. The van der Waals surface area contributed by atoms with Crippen LogP contribution in [-0.2, 0) is 4.79 Å². The first-order valence-corrected chi connectivity index (χ1v) is 9.23. The zero-order valence-electron chi connectivity index (χ0n) is 15.7. The Kier molecular flexibility index (Phi) is 9.91. The van der Waals surface area contributed by atoms with Crippen molar-refractivity contribution in [3.8, 4) is 5.75 Å². The van der Waals surface area contributed by atoms with Crippen LogP contribution in [0.3, 0.4) is 0 Å². The molecule has 2 N–H and O–H groups in total. The molecule has 1 aromatic carbocycles. The van der Waals surface area contributed by atoms with Gasteiger partial charge in [0, 0.05) is 12.0 Å². The molecule has 0 aromatic heterocycles. The molecule has 25 heavy (non-hydrogen) atoms. The molecule has 0 aliphatic carbocycles. The summed E-state index contributed by atoms with van der Waals surface area (Å²) >= 11 is 0.